The number of amides is 1. The maximum Gasteiger partial charge on any atom is 0.393 e. The van der Waals surface area contributed by atoms with Gasteiger partial charge in [-0.3, -0.25) is 9.69 Å². The molecule has 2 aromatic rings. The molecule has 0 bridgehead atoms. The van der Waals surface area contributed by atoms with Crippen LogP contribution in [-0.2, 0) is 4.79 Å². The van der Waals surface area contributed by atoms with Crippen LogP contribution in [0.25, 0.3) is 10.2 Å². The Balaban J connectivity index is 1.67. The van der Waals surface area contributed by atoms with Crippen LogP contribution in [0, 0.1) is 5.92 Å². The van der Waals surface area contributed by atoms with E-state index in [1.807, 2.05) is 24.3 Å². The van der Waals surface area contributed by atoms with Gasteiger partial charge in [-0.2, -0.15) is 13.2 Å². The molecule has 0 spiro atoms. The molecule has 1 aromatic heterocycles. The van der Waals surface area contributed by atoms with Gasteiger partial charge in [-0.1, -0.05) is 23.5 Å². The molecule has 1 fully saturated rings. The molecule has 1 saturated heterocycles. The summed E-state index contributed by atoms with van der Waals surface area (Å²) in [7, 11) is 0. The van der Waals surface area contributed by atoms with Gasteiger partial charge in [0.1, 0.15) is 0 Å². The number of aromatic nitrogens is 1. The minimum Gasteiger partial charge on any atom is -0.301 e. The van der Waals surface area contributed by atoms with Crippen molar-refractivity contribution < 1.29 is 18.0 Å². The van der Waals surface area contributed by atoms with E-state index < -0.39 is 17.6 Å². The van der Waals surface area contributed by atoms with Crippen molar-refractivity contribution in [2.75, 3.05) is 18.4 Å². The number of carbonyl (C=O) groups excluding carboxylic acids is 1. The number of likely N-dealkylation sites (tertiary alicyclic amines) is 1. The van der Waals surface area contributed by atoms with E-state index in [-0.39, 0.29) is 25.4 Å². The van der Waals surface area contributed by atoms with Gasteiger partial charge in [-0.05, 0) is 38.9 Å². The van der Waals surface area contributed by atoms with Crippen molar-refractivity contribution in [3.05, 3.63) is 24.3 Å². The van der Waals surface area contributed by atoms with E-state index in [1.165, 1.54) is 11.3 Å². The van der Waals surface area contributed by atoms with Gasteiger partial charge in [-0.15, -0.1) is 0 Å². The van der Waals surface area contributed by atoms with E-state index >= 15 is 0 Å². The summed E-state index contributed by atoms with van der Waals surface area (Å²) in [5.41, 5.74) is -0.306. The number of para-hydroxylation sites is 1. The topological polar surface area (TPSA) is 45.2 Å². The van der Waals surface area contributed by atoms with Gasteiger partial charge in [0.15, 0.2) is 5.13 Å². The van der Waals surface area contributed by atoms with E-state index in [0.717, 1.165) is 10.2 Å². The Hall–Kier alpha value is -1.67. The third-order valence-electron chi connectivity index (χ3n) is 4.63. The summed E-state index contributed by atoms with van der Waals surface area (Å²) in [6, 6.07) is 7.49. The number of hydrogen-bond acceptors (Lipinski definition) is 4. The molecule has 8 heteroatoms. The number of hydrogen-bond donors (Lipinski definition) is 1. The predicted molar refractivity (Wildman–Crippen MR) is 88.1 cm³/mol. The minimum absolute atomic E-state index is 0.0188. The van der Waals surface area contributed by atoms with Crippen LogP contribution >= 0.6 is 11.3 Å². The maximum atomic E-state index is 13.1. The summed E-state index contributed by atoms with van der Waals surface area (Å²) in [5.74, 6) is -1.76. The summed E-state index contributed by atoms with van der Waals surface area (Å²) in [5, 5.41) is 3.16. The second kappa shape index (κ2) is 6.00. The molecular formula is C16H18F3N3OS. The fourth-order valence-corrected chi connectivity index (χ4v) is 4.13. The molecule has 1 amide bonds. The Morgan fingerprint density at radius 2 is 2.12 bits per heavy atom. The molecule has 0 aliphatic carbocycles. The van der Waals surface area contributed by atoms with Gasteiger partial charge in [-0.25, -0.2) is 4.98 Å². The highest BCUT2D eigenvalue weighted by atomic mass is 32.1. The number of anilines is 1. The van der Waals surface area contributed by atoms with Crippen LogP contribution in [0.5, 0.6) is 0 Å². The maximum absolute atomic E-state index is 13.1. The lowest BCUT2D eigenvalue weighted by Crippen LogP contribution is -2.49. The molecule has 3 rings (SSSR count). The fraction of sp³-hybridized carbons (Fsp3) is 0.500. The Morgan fingerprint density at radius 1 is 1.42 bits per heavy atom. The molecule has 24 heavy (non-hydrogen) atoms. The number of fused-ring (bicyclic) bond motifs is 1. The molecule has 1 atom stereocenters. The van der Waals surface area contributed by atoms with Gasteiger partial charge in [0, 0.05) is 5.54 Å². The van der Waals surface area contributed by atoms with Crippen LogP contribution in [-0.4, -0.2) is 40.6 Å². The molecule has 1 aliphatic heterocycles. The Morgan fingerprint density at radius 3 is 2.75 bits per heavy atom. The summed E-state index contributed by atoms with van der Waals surface area (Å²) in [6.07, 6.45) is -4.23. The van der Waals surface area contributed by atoms with Gasteiger partial charge < -0.3 is 5.32 Å². The highest BCUT2D eigenvalue weighted by Gasteiger charge is 2.54. The van der Waals surface area contributed by atoms with E-state index in [0.29, 0.717) is 5.13 Å². The van der Waals surface area contributed by atoms with Gasteiger partial charge in [0.25, 0.3) is 0 Å². The number of halogens is 3. The monoisotopic (exact) mass is 357 g/mol. The van der Waals surface area contributed by atoms with Crippen LogP contribution in [0.1, 0.15) is 20.3 Å². The normalized spacial score (nSPS) is 21.3. The molecule has 130 valence electrons. The zero-order chi connectivity index (χ0) is 17.5. The quantitative estimate of drug-likeness (QED) is 0.906. The van der Waals surface area contributed by atoms with Crippen LogP contribution in [0.4, 0.5) is 18.3 Å². The lowest BCUT2D eigenvalue weighted by atomic mass is 9.88. The number of carbonyl (C=O) groups is 1. The molecule has 0 saturated carbocycles. The molecule has 1 aromatic carbocycles. The van der Waals surface area contributed by atoms with E-state index in [9.17, 15) is 18.0 Å². The molecule has 0 radical (unpaired) electrons. The van der Waals surface area contributed by atoms with Gasteiger partial charge in [0.2, 0.25) is 5.91 Å². The first kappa shape index (κ1) is 17.2. The van der Waals surface area contributed by atoms with E-state index in [1.54, 1.807) is 18.7 Å². The molecule has 1 unspecified atom stereocenters. The lowest BCUT2D eigenvalue weighted by molar-refractivity contribution is -0.191. The second-order valence-electron chi connectivity index (χ2n) is 6.49. The summed E-state index contributed by atoms with van der Waals surface area (Å²) in [4.78, 5) is 18.1. The van der Waals surface area contributed by atoms with Crippen molar-refractivity contribution in [2.24, 2.45) is 5.92 Å². The fourth-order valence-electron chi connectivity index (χ4n) is 3.25. The standard InChI is InChI=1S/C16H18F3N3OS/c1-15(2)12(16(17,18)19)7-8-22(15)9-13(23)21-14-20-10-5-3-4-6-11(10)24-14/h3-6,12H,7-9H2,1-2H3,(H,20,21,23). The second-order valence-corrected chi connectivity index (χ2v) is 7.52. The predicted octanol–water partition coefficient (Wildman–Crippen LogP) is 3.90. The zero-order valence-electron chi connectivity index (χ0n) is 13.4. The molecule has 1 N–H and O–H groups in total. The highest BCUT2D eigenvalue weighted by Crippen LogP contribution is 2.44. The molecule has 4 nitrogen and oxygen atoms in total. The summed E-state index contributed by atoms with van der Waals surface area (Å²) < 4.78 is 40.2. The summed E-state index contributed by atoms with van der Waals surface area (Å²) >= 11 is 1.35. The molecule has 2 heterocycles. The summed E-state index contributed by atoms with van der Waals surface area (Å²) in [6.45, 7) is 3.27. The number of nitrogens with one attached hydrogen (secondary N) is 1. The third-order valence-corrected chi connectivity index (χ3v) is 5.58. The van der Waals surface area contributed by atoms with Crippen LogP contribution < -0.4 is 5.32 Å². The first-order valence-electron chi connectivity index (χ1n) is 7.65. The van der Waals surface area contributed by atoms with Crippen molar-refractivity contribution >= 4 is 32.6 Å². The van der Waals surface area contributed by atoms with Gasteiger partial charge in [0.05, 0.1) is 22.7 Å². The van der Waals surface area contributed by atoms with Crippen molar-refractivity contribution in [1.82, 2.24) is 9.88 Å². The van der Waals surface area contributed by atoms with Gasteiger partial charge >= 0.3 is 6.18 Å². The average Bonchev–Trinajstić information content (AvgIpc) is 2.98. The molecular weight excluding hydrogens is 339 g/mol. The van der Waals surface area contributed by atoms with Crippen LogP contribution in [0.15, 0.2) is 24.3 Å². The molecule has 1 aliphatic rings. The SMILES string of the molecule is CC1(C)C(C(F)(F)F)CCN1CC(=O)Nc1nc2ccccc2s1. The van der Waals surface area contributed by atoms with Crippen molar-refractivity contribution in [3.63, 3.8) is 0 Å². The number of rotatable bonds is 3. The number of alkyl halides is 3. The zero-order valence-corrected chi connectivity index (χ0v) is 14.2. The van der Waals surface area contributed by atoms with Crippen LogP contribution in [0.2, 0.25) is 0 Å². The number of thiazole rings is 1. The first-order chi connectivity index (χ1) is 11.2. The van der Waals surface area contributed by atoms with Crippen molar-refractivity contribution in [1.29, 1.82) is 0 Å². The average molecular weight is 357 g/mol. The Bertz CT molecular complexity index is 723. The van der Waals surface area contributed by atoms with E-state index in [4.69, 9.17) is 0 Å². The van der Waals surface area contributed by atoms with Crippen LogP contribution in [0.3, 0.4) is 0 Å². The smallest absolute Gasteiger partial charge is 0.301 e. The third kappa shape index (κ3) is 3.25. The Kier molecular flexibility index (Phi) is 4.29. The van der Waals surface area contributed by atoms with Crippen molar-refractivity contribution in [3.8, 4) is 0 Å². The number of benzene rings is 1. The largest absolute Gasteiger partial charge is 0.393 e. The van der Waals surface area contributed by atoms with E-state index in [2.05, 4.69) is 10.3 Å². The first-order valence-corrected chi connectivity index (χ1v) is 8.47. The highest BCUT2D eigenvalue weighted by molar-refractivity contribution is 7.22. The lowest BCUT2D eigenvalue weighted by Gasteiger charge is -2.36. The Labute approximate surface area is 141 Å². The minimum atomic E-state index is -4.25. The van der Waals surface area contributed by atoms with Crippen molar-refractivity contribution in [2.45, 2.75) is 32.0 Å². The number of nitrogens with zero attached hydrogens (tertiary/aromatic N) is 2.